The van der Waals surface area contributed by atoms with E-state index in [1.165, 1.54) is 43.7 Å². The maximum absolute atomic E-state index is 6.78. The first kappa shape index (κ1) is 28.4. The SMILES string of the molecule is Bc1cc(B)c2c(c1)c1cc(B)cc(B)c1n2-c1cccc2oc3c(-c4nc(-c5ccccc5)nc(-c5ccccc5)n4)cccc3c12. The molecule has 9 heteroatoms. The minimum Gasteiger partial charge on any atom is -0.455 e. The van der Waals surface area contributed by atoms with E-state index < -0.39 is 0 Å². The summed E-state index contributed by atoms with van der Waals surface area (Å²) < 4.78 is 9.22. The molecule has 0 aliphatic heterocycles. The molecule has 0 aliphatic rings. The Bertz CT molecular complexity index is 2600. The number of fused-ring (bicyclic) bond motifs is 6. The fourth-order valence-corrected chi connectivity index (χ4v) is 7.40. The van der Waals surface area contributed by atoms with Crippen molar-refractivity contribution in [3.05, 3.63) is 121 Å². The lowest BCUT2D eigenvalue weighted by Gasteiger charge is -2.13. The molecule has 9 rings (SSSR count). The Morgan fingerprint density at radius 3 is 1.62 bits per heavy atom. The molecule has 0 fully saturated rings. The number of rotatable bonds is 4. The zero-order valence-electron chi connectivity index (χ0n) is 27.2. The maximum Gasteiger partial charge on any atom is 0.167 e. The van der Waals surface area contributed by atoms with Gasteiger partial charge >= 0.3 is 0 Å². The quantitative estimate of drug-likeness (QED) is 0.288. The summed E-state index contributed by atoms with van der Waals surface area (Å²) in [5.74, 6) is 1.81. The Morgan fingerprint density at radius 2 is 1.04 bits per heavy atom. The molecule has 3 heterocycles. The summed E-state index contributed by atoms with van der Waals surface area (Å²) in [7, 11) is 8.79. The van der Waals surface area contributed by atoms with E-state index in [-0.39, 0.29) is 0 Å². The second kappa shape index (κ2) is 10.9. The van der Waals surface area contributed by atoms with Gasteiger partial charge in [0.15, 0.2) is 17.5 Å². The first-order valence-corrected chi connectivity index (χ1v) is 16.3. The van der Waals surface area contributed by atoms with Gasteiger partial charge in [-0.15, -0.1) is 0 Å². The monoisotopic (exact) mass is 612 g/mol. The van der Waals surface area contributed by atoms with Gasteiger partial charge in [-0.25, -0.2) is 15.0 Å². The number of para-hydroxylation sites is 1. The van der Waals surface area contributed by atoms with Crippen molar-refractivity contribution in [3.63, 3.8) is 0 Å². The van der Waals surface area contributed by atoms with Crippen LogP contribution in [0.5, 0.6) is 0 Å². The molecule has 6 aromatic carbocycles. The molecule has 3 aromatic heterocycles. The average Bonchev–Trinajstić information content (AvgIpc) is 3.65. The first-order valence-electron chi connectivity index (χ1n) is 16.3. The predicted octanol–water partition coefficient (Wildman–Crippen LogP) is 2.90. The summed E-state index contributed by atoms with van der Waals surface area (Å²) in [6.45, 7) is 0. The summed E-state index contributed by atoms with van der Waals surface area (Å²) in [4.78, 5) is 15.0. The number of hydrogen-bond acceptors (Lipinski definition) is 4. The van der Waals surface area contributed by atoms with E-state index in [1.54, 1.807) is 0 Å². The molecule has 0 N–H and O–H groups in total. The normalized spacial score (nSPS) is 11.7. The van der Waals surface area contributed by atoms with Crippen LogP contribution in [0, 0.1) is 0 Å². The molecule has 0 aliphatic carbocycles. The van der Waals surface area contributed by atoms with E-state index in [4.69, 9.17) is 19.4 Å². The Balaban J connectivity index is 1.34. The van der Waals surface area contributed by atoms with Crippen LogP contribution in [0.15, 0.2) is 126 Å². The summed E-state index contributed by atoms with van der Waals surface area (Å²) in [5.41, 5.74) is 12.8. The van der Waals surface area contributed by atoms with Crippen molar-refractivity contribution in [1.29, 1.82) is 0 Å². The summed E-state index contributed by atoms with van der Waals surface area (Å²) in [6.07, 6.45) is 0. The van der Waals surface area contributed by atoms with Crippen LogP contribution < -0.4 is 21.9 Å². The van der Waals surface area contributed by atoms with Crippen LogP contribution in [-0.4, -0.2) is 50.9 Å². The van der Waals surface area contributed by atoms with E-state index in [0.29, 0.717) is 17.5 Å². The molecule has 0 spiro atoms. The van der Waals surface area contributed by atoms with Gasteiger partial charge in [-0.1, -0.05) is 125 Å². The molecule has 48 heavy (non-hydrogen) atoms. The number of furan rings is 1. The van der Waals surface area contributed by atoms with Crippen molar-refractivity contribution < 1.29 is 4.42 Å². The molecule has 222 valence electrons. The topological polar surface area (TPSA) is 56.7 Å². The Hall–Kier alpha value is -5.81. The lowest BCUT2D eigenvalue weighted by atomic mass is 9.83. The highest BCUT2D eigenvalue weighted by atomic mass is 16.3. The largest absolute Gasteiger partial charge is 0.455 e. The molecule has 0 radical (unpaired) electrons. The number of aromatic nitrogens is 4. The highest BCUT2D eigenvalue weighted by molar-refractivity contribution is 6.48. The molecule has 0 amide bonds. The van der Waals surface area contributed by atoms with Crippen molar-refractivity contribution >= 4 is 97.0 Å². The van der Waals surface area contributed by atoms with Gasteiger partial charge in [0.25, 0.3) is 0 Å². The van der Waals surface area contributed by atoms with Crippen LogP contribution in [0.25, 0.3) is 83.6 Å². The fourth-order valence-electron chi connectivity index (χ4n) is 7.40. The van der Waals surface area contributed by atoms with Gasteiger partial charge in [0.1, 0.15) is 42.6 Å². The van der Waals surface area contributed by atoms with Gasteiger partial charge in [0.2, 0.25) is 0 Å². The standard InChI is InChI=1S/C39H28B4N4O/c40-23-17-27-28-18-24(41)20-30(43)35(28)47(34(27)29(42)19-23)31-15-8-16-32-33(31)25-13-7-14-26(36(25)48-32)39-45-37(21-9-3-1-4-10-21)44-38(46-39)22-11-5-2-6-12-22/h1-20H,40-43H2. The van der Waals surface area contributed by atoms with Crippen LogP contribution in [-0.2, 0) is 0 Å². The lowest BCUT2D eigenvalue weighted by molar-refractivity contribution is 0.669. The minimum absolute atomic E-state index is 0.573. The number of nitrogens with zero attached hydrogens (tertiary/aromatic N) is 4. The van der Waals surface area contributed by atoms with E-state index in [1.807, 2.05) is 66.7 Å². The number of benzene rings is 6. The molecule has 0 saturated carbocycles. The van der Waals surface area contributed by atoms with E-state index in [9.17, 15) is 0 Å². The zero-order chi connectivity index (χ0) is 32.5. The molecule has 0 atom stereocenters. The van der Waals surface area contributed by atoms with Crippen LogP contribution in [0.3, 0.4) is 0 Å². The van der Waals surface area contributed by atoms with E-state index in [0.717, 1.165) is 44.3 Å². The van der Waals surface area contributed by atoms with Crippen molar-refractivity contribution in [3.8, 4) is 39.9 Å². The molecule has 5 nitrogen and oxygen atoms in total. The van der Waals surface area contributed by atoms with Crippen LogP contribution in [0.2, 0.25) is 0 Å². The fraction of sp³-hybridized carbons (Fsp3) is 0. The molecule has 9 aromatic rings. The Labute approximate surface area is 281 Å². The third-order valence-corrected chi connectivity index (χ3v) is 9.31. The van der Waals surface area contributed by atoms with Crippen LogP contribution in [0.1, 0.15) is 0 Å². The second-order valence-corrected chi connectivity index (χ2v) is 12.8. The van der Waals surface area contributed by atoms with Crippen molar-refractivity contribution in [2.45, 2.75) is 0 Å². The Kier molecular flexibility index (Phi) is 6.44. The molecule has 0 bridgehead atoms. The van der Waals surface area contributed by atoms with Crippen LogP contribution >= 0.6 is 0 Å². The summed E-state index contributed by atoms with van der Waals surface area (Å²) >= 11 is 0. The zero-order valence-corrected chi connectivity index (χ0v) is 27.2. The molecule has 0 unspecified atom stereocenters. The lowest BCUT2D eigenvalue weighted by Crippen LogP contribution is -2.18. The first-order chi connectivity index (χ1) is 23.4. The highest BCUT2D eigenvalue weighted by Crippen LogP contribution is 2.40. The average molecular weight is 612 g/mol. The van der Waals surface area contributed by atoms with Crippen molar-refractivity contribution in [2.75, 3.05) is 0 Å². The smallest absolute Gasteiger partial charge is 0.167 e. The van der Waals surface area contributed by atoms with Crippen molar-refractivity contribution in [1.82, 2.24) is 19.5 Å². The van der Waals surface area contributed by atoms with Gasteiger partial charge in [-0.3, -0.25) is 0 Å². The van der Waals surface area contributed by atoms with Gasteiger partial charge in [0, 0.05) is 38.3 Å². The second-order valence-electron chi connectivity index (χ2n) is 12.8. The summed E-state index contributed by atoms with van der Waals surface area (Å²) in [6, 6.07) is 42.0. The minimum atomic E-state index is 0.573. The van der Waals surface area contributed by atoms with Gasteiger partial charge in [-0.2, -0.15) is 0 Å². The maximum atomic E-state index is 6.78. The van der Waals surface area contributed by atoms with E-state index >= 15 is 0 Å². The van der Waals surface area contributed by atoms with Gasteiger partial charge in [-0.05, 0) is 18.2 Å². The predicted molar refractivity (Wildman–Crippen MR) is 210 cm³/mol. The van der Waals surface area contributed by atoms with Gasteiger partial charge in [0.05, 0.1) is 16.6 Å². The third-order valence-electron chi connectivity index (χ3n) is 9.31. The molecule has 0 saturated heterocycles. The van der Waals surface area contributed by atoms with Gasteiger partial charge < -0.3 is 8.98 Å². The molecular weight excluding hydrogens is 584 g/mol. The molecular formula is C39H28B4N4O. The van der Waals surface area contributed by atoms with E-state index in [2.05, 4.69) is 90.5 Å². The third kappa shape index (κ3) is 4.42. The van der Waals surface area contributed by atoms with Crippen LogP contribution in [0.4, 0.5) is 0 Å². The Morgan fingerprint density at radius 1 is 0.500 bits per heavy atom. The number of hydrogen-bond donors (Lipinski definition) is 0. The van der Waals surface area contributed by atoms with Crippen molar-refractivity contribution in [2.24, 2.45) is 0 Å². The summed E-state index contributed by atoms with van der Waals surface area (Å²) in [5, 5.41) is 4.62. The highest BCUT2D eigenvalue weighted by Gasteiger charge is 2.22.